The van der Waals surface area contributed by atoms with Crippen molar-refractivity contribution >= 4 is 17.7 Å². The molecule has 3 aromatic rings. The number of fused-ring (bicyclic) bond motifs is 1. The van der Waals surface area contributed by atoms with E-state index < -0.39 is 29.5 Å². The molecule has 35 heavy (non-hydrogen) atoms. The maximum Gasteiger partial charge on any atom is 0.417 e. The number of nitrogens with one attached hydrogen (secondary N) is 1. The summed E-state index contributed by atoms with van der Waals surface area (Å²) in [4.78, 5) is 38.0. The number of nitrogens with zero attached hydrogens (tertiary/aromatic N) is 3. The summed E-state index contributed by atoms with van der Waals surface area (Å²) in [6, 6.07) is 6.54. The molecule has 7 nitrogen and oxygen atoms in total. The van der Waals surface area contributed by atoms with E-state index in [0.717, 1.165) is 12.1 Å². The number of aromatic nitrogens is 2. The molecule has 0 saturated carbocycles. The Balaban J connectivity index is 1.54. The number of benzene rings is 2. The van der Waals surface area contributed by atoms with Crippen LogP contribution in [0.4, 0.5) is 17.6 Å². The predicted octanol–water partition coefficient (Wildman–Crippen LogP) is 3.67. The molecule has 1 fully saturated rings. The van der Waals surface area contributed by atoms with Gasteiger partial charge >= 0.3 is 6.18 Å². The molecule has 1 aromatic heterocycles. The van der Waals surface area contributed by atoms with Crippen LogP contribution in [0.2, 0.25) is 0 Å². The van der Waals surface area contributed by atoms with Crippen molar-refractivity contribution in [3.8, 4) is 22.4 Å². The lowest BCUT2D eigenvalue weighted by atomic mass is 9.95. The molecule has 2 aliphatic rings. The summed E-state index contributed by atoms with van der Waals surface area (Å²) < 4.78 is 56.0. The third-order valence-corrected chi connectivity index (χ3v) is 6.32. The highest BCUT2D eigenvalue weighted by Crippen LogP contribution is 2.41. The number of aryl methyl sites for hydroxylation is 1. The van der Waals surface area contributed by atoms with Gasteiger partial charge in [-0.1, -0.05) is 6.07 Å². The van der Waals surface area contributed by atoms with Gasteiger partial charge in [-0.15, -0.1) is 0 Å². The molecule has 0 bridgehead atoms. The van der Waals surface area contributed by atoms with Gasteiger partial charge in [0.1, 0.15) is 11.9 Å². The number of amides is 3. The summed E-state index contributed by atoms with van der Waals surface area (Å²) in [6.07, 6.45) is -3.03. The van der Waals surface area contributed by atoms with Crippen LogP contribution in [0.5, 0.6) is 0 Å². The third kappa shape index (κ3) is 3.86. The second-order valence-corrected chi connectivity index (χ2v) is 8.49. The molecule has 2 aromatic carbocycles. The molecule has 1 unspecified atom stereocenters. The van der Waals surface area contributed by atoms with Crippen molar-refractivity contribution in [2.45, 2.75) is 31.6 Å². The van der Waals surface area contributed by atoms with E-state index in [1.807, 2.05) is 0 Å². The Kier molecular flexibility index (Phi) is 5.22. The van der Waals surface area contributed by atoms with E-state index >= 15 is 0 Å². The van der Waals surface area contributed by atoms with E-state index in [1.165, 1.54) is 22.8 Å². The molecule has 11 heteroatoms. The lowest BCUT2D eigenvalue weighted by molar-refractivity contribution is -0.138. The van der Waals surface area contributed by atoms with E-state index in [2.05, 4.69) is 10.4 Å². The standard InChI is InChI=1S/C24H18F4N4O3/c1-31-21(16-5-3-14(25)9-18(16)24(26,27)28)17(10-29-31)12-2-4-15-13(8-12)11-32(23(15)35)19-6-7-20(33)30-22(19)34/h2-5,8-10,19H,6-7,11H2,1H3,(H,30,33,34). The Bertz CT molecular complexity index is 1400. The smallest absolute Gasteiger partial charge is 0.322 e. The number of imide groups is 1. The second-order valence-electron chi connectivity index (χ2n) is 8.49. The zero-order valence-corrected chi connectivity index (χ0v) is 18.3. The summed E-state index contributed by atoms with van der Waals surface area (Å²) >= 11 is 0. The van der Waals surface area contributed by atoms with E-state index in [9.17, 15) is 31.9 Å². The summed E-state index contributed by atoms with van der Waals surface area (Å²) in [5, 5.41) is 6.36. The predicted molar refractivity (Wildman–Crippen MR) is 115 cm³/mol. The van der Waals surface area contributed by atoms with Crippen LogP contribution in [-0.2, 0) is 29.4 Å². The van der Waals surface area contributed by atoms with Crippen LogP contribution in [0, 0.1) is 5.82 Å². The first-order chi connectivity index (χ1) is 16.5. The number of rotatable bonds is 3. The maximum absolute atomic E-state index is 13.7. The Labute approximate surface area is 196 Å². The lowest BCUT2D eigenvalue weighted by Crippen LogP contribution is -2.52. The maximum atomic E-state index is 13.7. The first-order valence-electron chi connectivity index (χ1n) is 10.7. The van der Waals surface area contributed by atoms with Gasteiger partial charge in [-0.3, -0.25) is 24.4 Å². The fourth-order valence-corrected chi connectivity index (χ4v) is 4.67. The van der Waals surface area contributed by atoms with Gasteiger partial charge in [0, 0.05) is 36.7 Å². The van der Waals surface area contributed by atoms with Gasteiger partial charge in [0.25, 0.3) is 5.91 Å². The monoisotopic (exact) mass is 486 g/mol. The summed E-state index contributed by atoms with van der Waals surface area (Å²) in [7, 11) is 1.49. The van der Waals surface area contributed by atoms with Crippen LogP contribution < -0.4 is 5.32 Å². The fourth-order valence-electron chi connectivity index (χ4n) is 4.67. The van der Waals surface area contributed by atoms with Crippen LogP contribution in [0.15, 0.2) is 42.6 Å². The lowest BCUT2D eigenvalue weighted by Gasteiger charge is -2.29. The van der Waals surface area contributed by atoms with Crippen molar-refractivity contribution in [3.63, 3.8) is 0 Å². The molecule has 180 valence electrons. The molecule has 0 aliphatic carbocycles. The van der Waals surface area contributed by atoms with Crippen molar-refractivity contribution in [1.29, 1.82) is 0 Å². The minimum Gasteiger partial charge on any atom is -0.322 e. The normalized spacial score (nSPS) is 18.1. The SMILES string of the molecule is Cn1ncc(-c2ccc3c(c2)CN(C2CCC(=O)NC2=O)C3=O)c1-c1ccc(F)cc1C(F)(F)F. The van der Waals surface area contributed by atoms with Crippen molar-refractivity contribution in [2.24, 2.45) is 7.05 Å². The van der Waals surface area contributed by atoms with E-state index in [-0.39, 0.29) is 42.5 Å². The molecule has 1 saturated heterocycles. The molecular weight excluding hydrogens is 468 g/mol. The highest BCUT2D eigenvalue weighted by Gasteiger charge is 2.39. The summed E-state index contributed by atoms with van der Waals surface area (Å²) in [5.41, 5.74) is 0.660. The number of hydrogen-bond donors (Lipinski definition) is 1. The van der Waals surface area contributed by atoms with Crippen molar-refractivity contribution in [1.82, 2.24) is 20.0 Å². The molecular formula is C24H18F4N4O3. The fraction of sp³-hybridized carbons (Fsp3) is 0.250. The molecule has 3 amide bonds. The number of piperidine rings is 1. The Hall–Kier alpha value is -4.02. The topological polar surface area (TPSA) is 84.3 Å². The van der Waals surface area contributed by atoms with E-state index in [1.54, 1.807) is 18.2 Å². The van der Waals surface area contributed by atoms with Crippen molar-refractivity contribution in [3.05, 3.63) is 65.1 Å². The number of alkyl halides is 3. The first kappa shape index (κ1) is 22.8. The number of carbonyl (C=O) groups is 3. The zero-order chi connectivity index (χ0) is 25.1. The molecule has 2 aliphatic heterocycles. The minimum absolute atomic E-state index is 0.119. The average molecular weight is 486 g/mol. The molecule has 0 radical (unpaired) electrons. The molecule has 0 spiro atoms. The average Bonchev–Trinajstić information content (AvgIpc) is 3.33. The van der Waals surface area contributed by atoms with Crippen LogP contribution in [0.3, 0.4) is 0 Å². The second kappa shape index (κ2) is 8.03. The summed E-state index contributed by atoms with van der Waals surface area (Å²) in [6.45, 7) is 0.119. The van der Waals surface area contributed by atoms with E-state index in [4.69, 9.17) is 0 Å². The number of halogens is 4. The Morgan fingerprint density at radius 1 is 1.03 bits per heavy atom. The Morgan fingerprint density at radius 3 is 2.49 bits per heavy atom. The molecule has 1 atom stereocenters. The van der Waals surface area contributed by atoms with Gasteiger partial charge < -0.3 is 4.90 Å². The zero-order valence-electron chi connectivity index (χ0n) is 18.3. The van der Waals surface area contributed by atoms with Gasteiger partial charge in [-0.25, -0.2) is 4.39 Å². The minimum atomic E-state index is -4.79. The third-order valence-electron chi connectivity index (χ3n) is 6.32. The van der Waals surface area contributed by atoms with Crippen LogP contribution in [0.1, 0.15) is 34.3 Å². The molecule has 5 rings (SSSR count). The van der Waals surface area contributed by atoms with Gasteiger partial charge in [-0.2, -0.15) is 18.3 Å². The molecule has 3 heterocycles. The summed E-state index contributed by atoms with van der Waals surface area (Å²) in [5.74, 6) is -2.28. The molecule has 1 N–H and O–H groups in total. The Morgan fingerprint density at radius 2 is 1.77 bits per heavy atom. The van der Waals surface area contributed by atoms with Crippen molar-refractivity contribution in [2.75, 3.05) is 0 Å². The highest BCUT2D eigenvalue weighted by molar-refractivity contribution is 6.05. The van der Waals surface area contributed by atoms with Crippen LogP contribution >= 0.6 is 0 Å². The highest BCUT2D eigenvalue weighted by atomic mass is 19.4. The first-order valence-corrected chi connectivity index (χ1v) is 10.7. The largest absolute Gasteiger partial charge is 0.417 e. The van der Waals surface area contributed by atoms with Gasteiger partial charge in [0.05, 0.1) is 17.5 Å². The van der Waals surface area contributed by atoms with Crippen LogP contribution in [-0.4, -0.2) is 38.4 Å². The van der Waals surface area contributed by atoms with E-state index in [0.29, 0.717) is 28.3 Å². The van der Waals surface area contributed by atoms with Crippen molar-refractivity contribution < 1.29 is 31.9 Å². The van der Waals surface area contributed by atoms with Gasteiger partial charge in [-0.05, 0) is 47.9 Å². The van der Waals surface area contributed by atoms with Crippen LogP contribution in [0.25, 0.3) is 22.4 Å². The quantitative estimate of drug-likeness (QED) is 0.452. The van der Waals surface area contributed by atoms with Gasteiger partial charge in [0.2, 0.25) is 11.8 Å². The number of hydrogen-bond acceptors (Lipinski definition) is 4. The number of carbonyl (C=O) groups excluding carboxylic acids is 3. The van der Waals surface area contributed by atoms with Gasteiger partial charge in [0.15, 0.2) is 0 Å².